The summed E-state index contributed by atoms with van der Waals surface area (Å²) in [7, 11) is 0. The molecule has 1 unspecified atom stereocenters. The summed E-state index contributed by atoms with van der Waals surface area (Å²) in [6.07, 6.45) is 1.91. The van der Waals surface area contributed by atoms with E-state index in [0.717, 1.165) is 11.3 Å². The normalized spacial score (nSPS) is 19.6. The Morgan fingerprint density at radius 2 is 1.76 bits per heavy atom. The molecule has 0 radical (unpaired) electrons. The van der Waals surface area contributed by atoms with Crippen molar-refractivity contribution in [2.24, 2.45) is 17.6 Å². The van der Waals surface area contributed by atoms with Crippen LogP contribution in [0.15, 0.2) is 18.2 Å². The van der Waals surface area contributed by atoms with Crippen molar-refractivity contribution in [3.63, 3.8) is 0 Å². The van der Waals surface area contributed by atoms with Crippen LogP contribution in [0.5, 0.6) is 5.75 Å². The van der Waals surface area contributed by atoms with E-state index in [1.807, 2.05) is 13.8 Å². The molecule has 140 valence electrons. The molecule has 0 aromatic heterocycles. The number of aliphatic carboxylic acids is 1. The van der Waals surface area contributed by atoms with Crippen molar-refractivity contribution >= 4 is 5.97 Å². The van der Waals surface area contributed by atoms with Gasteiger partial charge in [-0.05, 0) is 54.6 Å². The predicted molar refractivity (Wildman–Crippen MR) is 101 cm³/mol. The number of ether oxygens (including phenoxy) is 1. The van der Waals surface area contributed by atoms with Crippen molar-refractivity contribution in [2.45, 2.75) is 77.9 Å². The van der Waals surface area contributed by atoms with Crippen LogP contribution in [0.2, 0.25) is 0 Å². The third-order valence-corrected chi connectivity index (χ3v) is 5.42. The van der Waals surface area contributed by atoms with Gasteiger partial charge in [-0.25, -0.2) is 0 Å². The summed E-state index contributed by atoms with van der Waals surface area (Å²) in [6.45, 7) is 12.0. The second-order valence-electron chi connectivity index (χ2n) is 8.42. The minimum Gasteiger partial charge on any atom is -0.487 e. The molecule has 1 fully saturated rings. The zero-order chi connectivity index (χ0) is 18.9. The minimum atomic E-state index is -1.45. The summed E-state index contributed by atoms with van der Waals surface area (Å²) < 4.78 is 6.42. The number of carboxylic acid groups (broad SMARTS) is 1. The van der Waals surface area contributed by atoms with Crippen LogP contribution in [0.1, 0.15) is 77.3 Å². The maximum atomic E-state index is 11.7. The molecule has 0 saturated heterocycles. The molecule has 4 heteroatoms. The van der Waals surface area contributed by atoms with Crippen LogP contribution in [-0.4, -0.2) is 22.7 Å². The first-order valence-corrected chi connectivity index (χ1v) is 9.39. The number of hydrogen-bond donors (Lipinski definition) is 2. The minimum absolute atomic E-state index is 0.0181. The van der Waals surface area contributed by atoms with Crippen molar-refractivity contribution in [2.75, 3.05) is 0 Å². The van der Waals surface area contributed by atoms with Gasteiger partial charge in [0.1, 0.15) is 17.4 Å². The molecule has 3 N–H and O–H groups in total. The molecule has 1 saturated carbocycles. The van der Waals surface area contributed by atoms with Crippen molar-refractivity contribution in [1.82, 2.24) is 0 Å². The number of hydrogen-bond acceptors (Lipinski definition) is 3. The first-order valence-electron chi connectivity index (χ1n) is 9.39. The third kappa shape index (κ3) is 4.17. The Kier molecular flexibility index (Phi) is 5.82. The van der Waals surface area contributed by atoms with E-state index in [1.165, 1.54) is 18.4 Å². The van der Waals surface area contributed by atoms with Gasteiger partial charge in [0.25, 0.3) is 0 Å². The van der Waals surface area contributed by atoms with E-state index in [4.69, 9.17) is 10.5 Å². The molecule has 1 aliphatic carbocycles. The lowest BCUT2D eigenvalue weighted by molar-refractivity contribution is -0.147. The summed E-state index contributed by atoms with van der Waals surface area (Å²) in [5.74, 6) is 1.19. The van der Waals surface area contributed by atoms with Crippen LogP contribution >= 0.6 is 0 Å². The fourth-order valence-corrected chi connectivity index (χ4v) is 3.57. The smallest absolute Gasteiger partial charge is 0.327 e. The topological polar surface area (TPSA) is 72.5 Å². The highest BCUT2D eigenvalue weighted by Gasteiger charge is 2.42. The van der Waals surface area contributed by atoms with Crippen molar-refractivity contribution in [3.8, 4) is 5.75 Å². The molecular formula is C21H33NO3. The van der Waals surface area contributed by atoms with Crippen molar-refractivity contribution in [3.05, 3.63) is 29.3 Å². The molecule has 1 aliphatic rings. The van der Waals surface area contributed by atoms with Crippen LogP contribution in [0.25, 0.3) is 0 Å². The van der Waals surface area contributed by atoms with E-state index >= 15 is 0 Å². The van der Waals surface area contributed by atoms with Crippen LogP contribution in [0.4, 0.5) is 0 Å². The van der Waals surface area contributed by atoms with Gasteiger partial charge >= 0.3 is 5.97 Å². The van der Waals surface area contributed by atoms with Crippen LogP contribution in [0, 0.1) is 11.8 Å². The summed E-state index contributed by atoms with van der Waals surface area (Å²) >= 11 is 0. The average molecular weight is 347 g/mol. The molecule has 3 atom stereocenters. The highest BCUT2D eigenvalue weighted by Crippen LogP contribution is 2.47. The van der Waals surface area contributed by atoms with E-state index in [-0.39, 0.29) is 5.92 Å². The molecule has 2 rings (SSSR count). The largest absolute Gasteiger partial charge is 0.487 e. The number of benzene rings is 1. The molecule has 0 heterocycles. The van der Waals surface area contributed by atoms with E-state index in [1.54, 1.807) is 6.92 Å². The van der Waals surface area contributed by atoms with Crippen molar-refractivity contribution in [1.29, 1.82) is 0 Å². The van der Waals surface area contributed by atoms with Gasteiger partial charge in [-0.15, -0.1) is 0 Å². The standard InChI is InChI=1S/C21H33NO3/c1-12(2)16-8-7-9-17(14(5)15-10-11-15)18(16)25-19(13(3)4)21(6,22)20(23)24/h7-9,12-15,19H,10-11,22H2,1-6H3,(H,23,24)/t14-,19?,21+/m1/s1. The maximum Gasteiger partial charge on any atom is 0.327 e. The van der Waals surface area contributed by atoms with Crippen LogP contribution in [-0.2, 0) is 4.79 Å². The lowest BCUT2D eigenvalue weighted by Gasteiger charge is -2.35. The number of carboxylic acids is 1. The predicted octanol–water partition coefficient (Wildman–Crippen LogP) is 4.53. The highest BCUT2D eigenvalue weighted by molar-refractivity contribution is 5.79. The van der Waals surface area contributed by atoms with Gasteiger partial charge in [0.15, 0.2) is 0 Å². The van der Waals surface area contributed by atoms with Crippen LogP contribution in [0.3, 0.4) is 0 Å². The Balaban J connectivity index is 2.49. The second-order valence-corrected chi connectivity index (χ2v) is 8.42. The number of rotatable bonds is 8. The van der Waals surface area contributed by atoms with E-state index in [0.29, 0.717) is 17.8 Å². The molecule has 0 spiro atoms. The highest BCUT2D eigenvalue weighted by atomic mass is 16.5. The summed E-state index contributed by atoms with van der Waals surface area (Å²) in [4.78, 5) is 11.7. The Labute approximate surface area is 151 Å². The third-order valence-electron chi connectivity index (χ3n) is 5.42. The van der Waals surface area contributed by atoms with E-state index in [2.05, 4.69) is 39.0 Å². The lowest BCUT2D eigenvalue weighted by Crippen LogP contribution is -2.59. The zero-order valence-electron chi connectivity index (χ0n) is 16.4. The van der Waals surface area contributed by atoms with Crippen molar-refractivity contribution < 1.29 is 14.6 Å². The molecule has 25 heavy (non-hydrogen) atoms. The fraction of sp³-hybridized carbons (Fsp3) is 0.667. The van der Waals surface area contributed by atoms with Gasteiger partial charge in [-0.1, -0.05) is 52.8 Å². The van der Waals surface area contributed by atoms with E-state index < -0.39 is 17.6 Å². The summed E-state index contributed by atoms with van der Waals surface area (Å²) in [6, 6.07) is 6.28. The molecule has 1 aromatic carbocycles. The SMILES string of the molecule is CC(C)c1cccc([C@H](C)C2CC2)c1OC(C(C)C)[C@](C)(N)C(=O)O. The molecule has 0 bridgehead atoms. The molecule has 0 aliphatic heterocycles. The van der Waals surface area contributed by atoms with Gasteiger partial charge in [-0.2, -0.15) is 0 Å². The molecule has 1 aromatic rings. The monoisotopic (exact) mass is 347 g/mol. The number of nitrogens with two attached hydrogens (primary N) is 1. The van der Waals surface area contributed by atoms with Gasteiger partial charge in [-0.3, -0.25) is 4.79 Å². The molecule has 0 amide bonds. The maximum absolute atomic E-state index is 11.7. The Bertz CT molecular complexity index is 618. The fourth-order valence-electron chi connectivity index (χ4n) is 3.57. The zero-order valence-corrected chi connectivity index (χ0v) is 16.4. The quantitative estimate of drug-likeness (QED) is 0.725. The van der Waals surface area contributed by atoms with Gasteiger partial charge in [0.2, 0.25) is 0 Å². The van der Waals surface area contributed by atoms with Gasteiger partial charge < -0.3 is 15.6 Å². The molecule has 4 nitrogen and oxygen atoms in total. The molecular weight excluding hydrogens is 314 g/mol. The Hall–Kier alpha value is -1.55. The van der Waals surface area contributed by atoms with Gasteiger partial charge in [0.05, 0.1) is 0 Å². The second kappa shape index (κ2) is 7.36. The lowest BCUT2D eigenvalue weighted by atomic mass is 9.86. The first kappa shape index (κ1) is 19.8. The summed E-state index contributed by atoms with van der Waals surface area (Å²) in [5, 5.41) is 9.59. The first-order chi connectivity index (χ1) is 11.6. The average Bonchev–Trinajstić information content (AvgIpc) is 3.35. The number of carbonyl (C=O) groups is 1. The van der Waals surface area contributed by atoms with Gasteiger partial charge in [0, 0.05) is 0 Å². The Morgan fingerprint density at radius 3 is 2.20 bits per heavy atom. The van der Waals surface area contributed by atoms with Crippen LogP contribution < -0.4 is 10.5 Å². The van der Waals surface area contributed by atoms with E-state index in [9.17, 15) is 9.90 Å². The summed E-state index contributed by atoms with van der Waals surface area (Å²) in [5.41, 5.74) is 7.01. The Morgan fingerprint density at radius 1 is 1.20 bits per heavy atom. The number of para-hydroxylation sites is 1.